The third kappa shape index (κ3) is 6.44. The molecule has 0 atom stereocenters. The summed E-state index contributed by atoms with van der Waals surface area (Å²) in [5.41, 5.74) is 3.69. The van der Waals surface area contributed by atoms with Crippen LogP contribution in [0.25, 0.3) is 22.2 Å². The molecule has 0 spiro atoms. The van der Waals surface area contributed by atoms with Crippen LogP contribution in [0.15, 0.2) is 36.4 Å². The first-order chi connectivity index (χ1) is 19.8. The second-order valence-corrected chi connectivity index (χ2v) is 13.0. The van der Waals surface area contributed by atoms with Crippen molar-refractivity contribution in [2.75, 3.05) is 48.9 Å². The zero-order valence-corrected chi connectivity index (χ0v) is 25.8. The number of carbonyl (C=O) groups is 3. The number of hydrogen-bond acceptors (Lipinski definition) is 6. The van der Waals surface area contributed by atoms with E-state index in [1.165, 1.54) is 31.0 Å². The molecule has 2 aromatic carbocycles. The van der Waals surface area contributed by atoms with Gasteiger partial charge in [0.25, 0.3) is 11.8 Å². The number of aromatic amines is 1. The highest BCUT2D eigenvalue weighted by Crippen LogP contribution is 2.43. The number of benzene rings is 2. The molecule has 4 rings (SSSR count). The van der Waals surface area contributed by atoms with E-state index in [1.54, 1.807) is 45.4 Å². The molecule has 0 radical (unpaired) electrons. The van der Waals surface area contributed by atoms with Crippen LogP contribution in [0.1, 0.15) is 64.3 Å². The molecular weight excluding hydrogens is 558 g/mol. The van der Waals surface area contributed by atoms with Gasteiger partial charge < -0.3 is 19.5 Å². The van der Waals surface area contributed by atoms with Crippen LogP contribution in [0.5, 0.6) is 5.75 Å². The smallest absolute Gasteiger partial charge is 0.303 e. The van der Waals surface area contributed by atoms with Gasteiger partial charge in [0.05, 0.1) is 24.9 Å². The van der Waals surface area contributed by atoms with E-state index in [0.717, 1.165) is 53.1 Å². The average Bonchev–Trinajstić information content (AvgIpc) is 3.35. The topological polar surface area (TPSA) is 132 Å². The molecule has 226 valence electrons. The lowest BCUT2D eigenvalue weighted by Crippen LogP contribution is -2.39. The van der Waals surface area contributed by atoms with Crippen LogP contribution in [0.3, 0.4) is 0 Å². The summed E-state index contributed by atoms with van der Waals surface area (Å²) in [6.45, 7) is -0.0843. The van der Waals surface area contributed by atoms with Crippen LogP contribution in [-0.4, -0.2) is 94.1 Å². The van der Waals surface area contributed by atoms with Gasteiger partial charge >= 0.3 is 10.2 Å². The van der Waals surface area contributed by atoms with Crippen molar-refractivity contribution < 1.29 is 27.5 Å². The fourth-order valence-electron chi connectivity index (χ4n) is 5.32. The van der Waals surface area contributed by atoms with E-state index in [4.69, 9.17) is 4.74 Å². The Hall–Kier alpha value is -3.90. The maximum atomic E-state index is 13.8. The van der Waals surface area contributed by atoms with E-state index in [-0.39, 0.29) is 29.8 Å². The molecule has 3 aromatic rings. The third-order valence-corrected chi connectivity index (χ3v) is 9.17. The maximum absolute atomic E-state index is 13.8. The first kappa shape index (κ1) is 31.0. The number of amides is 3. The summed E-state index contributed by atoms with van der Waals surface area (Å²) in [5, 5.41) is 0.911. The zero-order chi connectivity index (χ0) is 30.8. The minimum Gasteiger partial charge on any atom is -0.497 e. The van der Waals surface area contributed by atoms with Gasteiger partial charge in [-0.1, -0.05) is 25.3 Å². The van der Waals surface area contributed by atoms with Gasteiger partial charge in [0.15, 0.2) is 0 Å². The lowest BCUT2D eigenvalue weighted by molar-refractivity contribution is -0.129. The lowest BCUT2D eigenvalue weighted by atomic mass is 9.81. The Labute approximate surface area is 247 Å². The van der Waals surface area contributed by atoms with E-state index >= 15 is 0 Å². The van der Waals surface area contributed by atoms with E-state index in [1.807, 2.05) is 12.1 Å². The first-order valence-corrected chi connectivity index (χ1v) is 15.3. The molecule has 1 heterocycles. The summed E-state index contributed by atoms with van der Waals surface area (Å²) in [7, 11) is 5.12. The molecule has 1 aliphatic carbocycles. The van der Waals surface area contributed by atoms with Gasteiger partial charge in [0.2, 0.25) is 5.91 Å². The van der Waals surface area contributed by atoms with Crippen molar-refractivity contribution in [3.63, 3.8) is 0 Å². The highest BCUT2D eigenvalue weighted by Gasteiger charge is 2.28. The monoisotopic (exact) mass is 597 g/mol. The van der Waals surface area contributed by atoms with Crippen LogP contribution in [0, 0.1) is 0 Å². The van der Waals surface area contributed by atoms with Crippen molar-refractivity contribution in [3.8, 4) is 17.0 Å². The second kappa shape index (κ2) is 12.5. The number of carbonyl (C=O) groups excluding carboxylic acids is 3. The predicted molar refractivity (Wildman–Crippen MR) is 162 cm³/mol. The van der Waals surface area contributed by atoms with Gasteiger partial charge in [-0.2, -0.15) is 12.7 Å². The number of nitrogens with zero attached hydrogens (tertiary/aromatic N) is 3. The van der Waals surface area contributed by atoms with Crippen LogP contribution >= 0.6 is 0 Å². The highest BCUT2D eigenvalue weighted by molar-refractivity contribution is 7.87. The Balaban J connectivity index is 1.86. The van der Waals surface area contributed by atoms with Gasteiger partial charge in [0.1, 0.15) is 5.75 Å². The number of aromatic nitrogens is 1. The molecule has 1 fully saturated rings. The Kier molecular flexibility index (Phi) is 9.27. The molecule has 2 N–H and O–H groups in total. The standard InChI is InChI=1S/C30H39N5O6S/c1-33(2)26(36)18-35(5)30(38)24-17-21(41-6)13-15-22(24)28-27(19-10-8-7-9-11-19)23-14-12-20(16-25(23)31-28)29(37)32-42(39,40)34(3)4/h12-17,19,31H,7-11,18H2,1-6H3,(H,32,37). The Bertz CT molecular complexity index is 1610. The average molecular weight is 598 g/mol. The number of rotatable bonds is 9. The van der Waals surface area contributed by atoms with Gasteiger partial charge in [-0.25, -0.2) is 4.72 Å². The third-order valence-electron chi connectivity index (χ3n) is 7.76. The molecule has 12 heteroatoms. The van der Waals surface area contributed by atoms with Crippen molar-refractivity contribution in [3.05, 3.63) is 53.1 Å². The lowest BCUT2D eigenvalue weighted by Gasteiger charge is -2.24. The van der Waals surface area contributed by atoms with Crippen LogP contribution in [0.2, 0.25) is 0 Å². The molecule has 3 amide bonds. The number of ether oxygens (including phenoxy) is 1. The molecule has 42 heavy (non-hydrogen) atoms. The quantitative estimate of drug-likeness (QED) is 0.388. The SMILES string of the molecule is COc1ccc(-c2[nH]c3cc(C(=O)NS(=O)(=O)N(C)C)ccc3c2C2CCCCC2)c(C(=O)N(C)CC(=O)N(C)C)c1. The second-order valence-electron chi connectivity index (χ2n) is 11.1. The van der Waals surface area contributed by atoms with E-state index in [0.29, 0.717) is 22.4 Å². The molecule has 0 unspecified atom stereocenters. The van der Waals surface area contributed by atoms with Gasteiger partial charge in [-0.05, 0) is 54.7 Å². The normalized spacial score (nSPS) is 14.2. The van der Waals surface area contributed by atoms with Crippen LogP contribution < -0.4 is 9.46 Å². The molecule has 0 aliphatic heterocycles. The molecule has 1 saturated carbocycles. The first-order valence-electron chi connectivity index (χ1n) is 13.9. The van der Waals surface area contributed by atoms with E-state index < -0.39 is 16.1 Å². The van der Waals surface area contributed by atoms with Crippen molar-refractivity contribution in [2.24, 2.45) is 0 Å². The summed E-state index contributed by atoms with van der Waals surface area (Å²) in [5.74, 6) is -0.541. The van der Waals surface area contributed by atoms with Gasteiger partial charge in [-0.15, -0.1) is 0 Å². The van der Waals surface area contributed by atoms with Crippen molar-refractivity contribution >= 4 is 38.8 Å². The van der Waals surface area contributed by atoms with Crippen molar-refractivity contribution in [1.29, 1.82) is 0 Å². The maximum Gasteiger partial charge on any atom is 0.303 e. The number of methoxy groups -OCH3 is 1. The van der Waals surface area contributed by atoms with Crippen molar-refractivity contribution in [1.82, 2.24) is 23.8 Å². The molecule has 11 nitrogen and oxygen atoms in total. The van der Waals surface area contributed by atoms with Crippen LogP contribution in [-0.2, 0) is 15.0 Å². The van der Waals surface area contributed by atoms with E-state index in [2.05, 4.69) is 9.71 Å². The Morgan fingerprint density at radius 1 is 0.976 bits per heavy atom. The highest BCUT2D eigenvalue weighted by atomic mass is 32.2. The number of hydrogen-bond donors (Lipinski definition) is 2. The molecule has 1 aliphatic rings. The van der Waals surface area contributed by atoms with Crippen molar-refractivity contribution in [2.45, 2.75) is 38.0 Å². The van der Waals surface area contributed by atoms with E-state index in [9.17, 15) is 22.8 Å². The minimum atomic E-state index is -3.96. The number of likely N-dealkylation sites (N-methyl/N-ethyl adjacent to an activating group) is 2. The van der Waals surface area contributed by atoms with Gasteiger partial charge in [0, 0.05) is 57.3 Å². The summed E-state index contributed by atoms with van der Waals surface area (Å²) >= 11 is 0. The largest absolute Gasteiger partial charge is 0.497 e. The fourth-order valence-corrected chi connectivity index (χ4v) is 5.86. The summed E-state index contributed by atoms with van der Waals surface area (Å²) in [6, 6.07) is 10.4. The minimum absolute atomic E-state index is 0.0843. The fraction of sp³-hybridized carbons (Fsp3) is 0.433. The molecule has 1 aromatic heterocycles. The molecule has 0 bridgehead atoms. The summed E-state index contributed by atoms with van der Waals surface area (Å²) in [6.07, 6.45) is 5.31. The summed E-state index contributed by atoms with van der Waals surface area (Å²) in [4.78, 5) is 45.3. The number of H-pyrrole nitrogens is 1. The summed E-state index contributed by atoms with van der Waals surface area (Å²) < 4.78 is 33.0. The number of nitrogens with one attached hydrogen (secondary N) is 2. The predicted octanol–water partition coefficient (Wildman–Crippen LogP) is 3.59. The Morgan fingerprint density at radius 3 is 2.29 bits per heavy atom. The van der Waals surface area contributed by atoms with Gasteiger partial charge in [-0.3, -0.25) is 14.4 Å². The number of fused-ring (bicyclic) bond motifs is 1. The zero-order valence-electron chi connectivity index (χ0n) is 25.0. The molecular formula is C30H39N5O6S. The van der Waals surface area contributed by atoms with Crippen LogP contribution in [0.4, 0.5) is 0 Å². The Morgan fingerprint density at radius 2 is 1.67 bits per heavy atom. The molecule has 0 saturated heterocycles.